The predicted molar refractivity (Wildman–Crippen MR) is 115 cm³/mol. The summed E-state index contributed by atoms with van der Waals surface area (Å²) in [6.45, 7) is 5.05. The topological polar surface area (TPSA) is 90.9 Å². The third-order valence-corrected chi connectivity index (χ3v) is 4.92. The van der Waals surface area contributed by atoms with Gasteiger partial charge in [-0.25, -0.2) is 4.98 Å². The van der Waals surface area contributed by atoms with E-state index in [-0.39, 0.29) is 12.7 Å². The van der Waals surface area contributed by atoms with E-state index >= 15 is 0 Å². The summed E-state index contributed by atoms with van der Waals surface area (Å²) >= 11 is 1.34. The van der Waals surface area contributed by atoms with Gasteiger partial charge in [-0.05, 0) is 38.1 Å². The normalized spacial score (nSPS) is 11.8. The third-order valence-electron chi connectivity index (χ3n) is 4.16. The van der Waals surface area contributed by atoms with Crippen LogP contribution in [0.1, 0.15) is 24.3 Å². The van der Waals surface area contributed by atoms with Gasteiger partial charge in [0, 0.05) is 28.9 Å². The summed E-state index contributed by atoms with van der Waals surface area (Å²) in [6, 6.07) is 10.8. The zero-order chi connectivity index (χ0) is 20.9. The number of carbonyl (C=O) groups excluding carboxylic acids is 1. The van der Waals surface area contributed by atoms with Crippen molar-refractivity contribution >= 4 is 33.8 Å². The summed E-state index contributed by atoms with van der Waals surface area (Å²) in [5.74, 6) is 2.30. The molecule has 2 aromatic carbocycles. The van der Waals surface area contributed by atoms with Crippen LogP contribution >= 0.6 is 11.3 Å². The number of carbonyl (C=O) groups is 1. The lowest BCUT2D eigenvalue weighted by Crippen LogP contribution is -2.12. The Hall–Kier alpha value is -3.46. The number of thiazole rings is 1. The highest BCUT2D eigenvalue weighted by atomic mass is 32.1. The Morgan fingerprint density at radius 2 is 1.80 bits per heavy atom. The first-order chi connectivity index (χ1) is 14.7. The molecule has 1 amide bonds. The lowest BCUT2D eigenvalue weighted by Gasteiger charge is -2.12. The second kappa shape index (κ2) is 8.91. The smallest absolute Gasteiger partial charge is 0.275 e. The first-order valence-electron chi connectivity index (χ1n) is 9.49. The van der Waals surface area contributed by atoms with Crippen LogP contribution in [0.2, 0.25) is 0 Å². The fraction of sp³-hybridized carbons (Fsp3) is 0.238. The quantitative estimate of drug-likeness (QED) is 0.540. The van der Waals surface area contributed by atoms with Gasteiger partial charge < -0.3 is 29.6 Å². The molecule has 0 saturated heterocycles. The van der Waals surface area contributed by atoms with Crippen LogP contribution < -0.4 is 29.6 Å². The summed E-state index contributed by atoms with van der Waals surface area (Å²) in [4.78, 5) is 17.0. The SMILES string of the molecule is CCOc1ccc(NC(=O)c2csc(Nc3ccc4c(c3)OCO4)n2)cc1OCC. The van der Waals surface area contributed by atoms with Crippen LogP contribution in [-0.2, 0) is 0 Å². The van der Waals surface area contributed by atoms with Gasteiger partial charge in [0.2, 0.25) is 6.79 Å². The number of fused-ring (bicyclic) bond motifs is 1. The van der Waals surface area contributed by atoms with Gasteiger partial charge in [0.15, 0.2) is 28.1 Å². The molecule has 0 atom stereocenters. The number of hydrogen-bond donors (Lipinski definition) is 2. The molecular weight excluding hydrogens is 406 g/mol. The van der Waals surface area contributed by atoms with Crippen LogP contribution in [0.15, 0.2) is 41.8 Å². The summed E-state index contributed by atoms with van der Waals surface area (Å²) in [5.41, 5.74) is 1.72. The first kappa shape index (κ1) is 19.8. The number of nitrogens with zero attached hydrogens (tertiary/aromatic N) is 1. The molecular formula is C21H21N3O5S. The summed E-state index contributed by atoms with van der Waals surface area (Å²) in [5, 5.41) is 8.31. The number of nitrogens with one attached hydrogen (secondary N) is 2. The van der Waals surface area contributed by atoms with E-state index < -0.39 is 0 Å². The van der Waals surface area contributed by atoms with Crippen LogP contribution in [0.4, 0.5) is 16.5 Å². The number of aromatic nitrogens is 1. The molecule has 0 saturated carbocycles. The van der Waals surface area contributed by atoms with Crippen molar-refractivity contribution in [2.24, 2.45) is 0 Å². The highest BCUT2D eigenvalue weighted by molar-refractivity contribution is 7.14. The Morgan fingerprint density at radius 3 is 2.63 bits per heavy atom. The van der Waals surface area contributed by atoms with E-state index in [4.69, 9.17) is 18.9 Å². The molecule has 30 heavy (non-hydrogen) atoms. The zero-order valence-corrected chi connectivity index (χ0v) is 17.4. The maximum Gasteiger partial charge on any atom is 0.275 e. The number of anilines is 3. The van der Waals surface area contributed by atoms with Crippen molar-refractivity contribution in [3.63, 3.8) is 0 Å². The maximum absolute atomic E-state index is 12.6. The number of hydrogen-bond acceptors (Lipinski definition) is 8. The molecule has 1 aliphatic rings. The zero-order valence-electron chi connectivity index (χ0n) is 16.6. The van der Waals surface area contributed by atoms with Crippen LogP contribution in [0.3, 0.4) is 0 Å². The average Bonchev–Trinajstić information content (AvgIpc) is 3.39. The van der Waals surface area contributed by atoms with Crippen molar-refractivity contribution < 1.29 is 23.7 Å². The molecule has 9 heteroatoms. The molecule has 0 aliphatic carbocycles. The summed E-state index contributed by atoms with van der Waals surface area (Å²) < 4.78 is 21.8. The predicted octanol–water partition coefficient (Wildman–Crippen LogP) is 4.67. The molecule has 0 radical (unpaired) electrons. The Kier molecular flexibility index (Phi) is 5.89. The molecule has 8 nitrogen and oxygen atoms in total. The van der Waals surface area contributed by atoms with Crippen LogP contribution in [0, 0.1) is 0 Å². The van der Waals surface area contributed by atoms with Crippen molar-refractivity contribution in [3.05, 3.63) is 47.5 Å². The van der Waals surface area contributed by atoms with Gasteiger partial charge in [-0.3, -0.25) is 4.79 Å². The fourth-order valence-electron chi connectivity index (χ4n) is 2.86. The summed E-state index contributed by atoms with van der Waals surface area (Å²) in [6.07, 6.45) is 0. The van der Waals surface area contributed by atoms with Crippen LogP contribution in [-0.4, -0.2) is 30.9 Å². The van der Waals surface area contributed by atoms with E-state index in [0.717, 1.165) is 5.69 Å². The maximum atomic E-state index is 12.6. The molecule has 2 N–H and O–H groups in total. The second-order valence-corrected chi connectivity index (χ2v) is 7.07. The molecule has 4 rings (SSSR count). The van der Waals surface area contributed by atoms with E-state index in [0.29, 0.717) is 52.7 Å². The largest absolute Gasteiger partial charge is 0.490 e. The van der Waals surface area contributed by atoms with Crippen LogP contribution in [0.25, 0.3) is 0 Å². The lowest BCUT2D eigenvalue weighted by atomic mass is 10.2. The number of ether oxygens (including phenoxy) is 4. The van der Waals surface area contributed by atoms with Gasteiger partial charge in [0.25, 0.3) is 5.91 Å². The van der Waals surface area contributed by atoms with E-state index in [1.165, 1.54) is 11.3 Å². The van der Waals surface area contributed by atoms with Gasteiger partial charge in [-0.2, -0.15) is 0 Å². The number of benzene rings is 2. The Labute approximate surface area is 177 Å². The van der Waals surface area contributed by atoms with Crippen molar-refractivity contribution in [2.75, 3.05) is 30.6 Å². The Morgan fingerprint density at radius 1 is 1.03 bits per heavy atom. The standard InChI is InChI=1S/C21H21N3O5S/c1-3-26-16-7-5-13(9-18(16)27-4-2)22-20(25)15-11-30-21(24-15)23-14-6-8-17-19(10-14)29-12-28-17/h5-11H,3-4,12H2,1-2H3,(H,22,25)(H,23,24). The van der Waals surface area contributed by atoms with Gasteiger partial charge in [0.05, 0.1) is 13.2 Å². The van der Waals surface area contributed by atoms with Crippen molar-refractivity contribution in [2.45, 2.75) is 13.8 Å². The molecule has 0 fully saturated rings. The highest BCUT2D eigenvalue weighted by Gasteiger charge is 2.16. The molecule has 1 aliphatic heterocycles. The minimum Gasteiger partial charge on any atom is -0.490 e. The minimum absolute atomic E-state index is 0.219. The molecule has 0 spiro atoms. The van der Waals surface area contributed by atoms with E-state index in [9.17, 15) is 4.79 Å². The van der Waals surface area contributed by atoms with Crippen molar-refractivity contribution in [1.82, 2.24) is 4.98 Å². The Bertz CT molecular complexity index is 1050. The van der Waals surface area contributed by atoms with E-state index in [2.05, 4.69) is 15.6 Å². The Balaban J connectivity index is 1.43. The first-order valence-corrected chi connectivity index (χ1v) is 10.4. The van der Waals surface area contributed by atoms with Crippen molar-refractivity contribution in [3.8, 4) is 23.0 Å². The van der Waals surface area contributed by atoms with Gasteiger partial charge >= 0.3 is 0 Å². The average molecular weight is 427 g/mol. The molecule has 1 aromatic heterocycles. The highest BCUT2D eigenvalue weighted by Crippen LogP contribution is 2.35. The van der Waals surface area contributed by atoms with Gasteiger partial charge in [-0.1, -0.05) is 0 Å². The third kappa shape index (κ3) is 4.41. The van der Waals surface area contributed by atoms with Crippen LogP contribution in [0.5, 0.6) is 23.0 Å². The number of amides is 1. The van der Waals surface area contributed by atoms with Gasteiger partial charge in [0.1, 0.15) is 5.69 Å². The molecule has 156 valence electrons. The fourth-order valence-corrected chi connectivity index (χ4v) is 3.57. The van der Waals surface area contributed by atoms with Crippen molar-refractivity contribution in [1.29, 1.82) is 0 Å². The second-order valence-electron chi connectivity index (χ2n) is 6.21. The molecule has 2 heterocycles. The molecule has 0 bridgehead atoms. The lowest BCUT2D eigenvalue weighted by molar-refractivity contribution is 0.102. The minimum atomic E-state index is -0.309. The van der Waals surface area contributed by atoms with Gasteiger partial charge in [-0.15, -0.1) is 11.3 Å². The monoisotopic (exact) mass is 427 g/mol. The molecule has 3 aromatic rings. The number of rotatable bonds is 8. The van der Waals surface area contributed by atoms with E-state index in [1.807, 2.05) is 32.0 Å². The van der Waals surface area contributed by atoms with E-state index in [1.54, 1.807) is 23.6 Å². The summed E-state index contributed by atoms with van der Waals surface area (Å²) in [7, 11) is 0. The molecule has 0 unspecified atom stereocenters.